The third-order valence-electron chi connectivity index (χ3n) is 5.87. The van der Waals surface area contributed by atoms with Crippen LogP contribution in [0.3, 0.4) is 0 Å². The van der Waals surface area contributed by atoms with Gasteiger partial charge in [0.2, 0.25) is 0 Å². The molecule has 37 heavy (non-hydrogen) atoms. The monoisotopic (exact) mass is 651 g/mol. The zero-order valence-corrected chi connectivity index (χ0v) is 26.5. The summed E-state index contributed by atoms with van der Waals surface area (Å²) in [5, 5.41) is 0. The third-order valence-corrected chi connectivity index (χ3v) is 25.7. The first kappa shape index (κ1) is 26.4. The number of hydrogen-bond donors (Lipinski definition) is 0. The van der Waals surface area contributed by atoms with Gasteiger partial charge in [0.1, 0.15) is 0 Å². The van der Waals surface area contributed by atoms with Crippen molar-refractivity contribution in [2.45, 2.75) is 13.8 Å². The molecule has 2 unspecified atom stereocenters. The summed E-state index contributed by atoms with van der Waals surface area (Å²) < 4.78 is 8.79. The fraction of sp³-hybridized carbons (Fsp3) is 0.0625. The van der Waals surface area contributed by atoms with Crippen molar-refractivity contribution in [1.29, 1.82) is 0 Å². The van der Waals surface area contributed by atoms with Crippen molar-refractivity contribution in [2.75, 3.05) is 4.44 Å². The predicted molar refractivity (Wildman–Crippen MR) is 171 cm³/mol. The second kappa shape index (κ2) is 13.0. The van der Waals surface area contributed by atoms with Crippen LogP contribution in [-0.2, 0) is 0 Å². The molecule has 0 fully saturated rings. The second-order valence-electron chi connectivity index (χ2n) is 8.67. The van der Waals surface area contributed by atoms with Gasteiger partial charge in [-0.1, -0.05) is 0 Å². The van der Waals surface area contributed by atoms with Gasteiger partial charge < -0.3 is 0 Å². The normalized spacial score (nSPS) is 11.8. The molecular formula is C32H31NP2Se2. The van der Waals surface area contributed by atoms with Crippen molar-refractivity contribution in [3.8, 4) is 0 Å². The molecule has 0 aromatic heterocycles. The molecule has 0 spiro atoms. The van der Waals surface area contributed by atoms with E-state index < -0.39 is 26.9 Å². The summed E-state index contributed by atoms with van der Waals surface area (Å²) in [5.74, 6) is 0. The molecule has 2 atom stereocenters. The van der Waals surface area contributed by atoms with Gasteiger partial charge in [-0.05, 0) is 0 Å². The standard InChI is InChI=1S/C32H31NP2Se2/c1-26-23-24-32(27(2)25-26)33(34-36(28-15-7-3-8-16-28)29-17-9-4-10-18-29)35-37(30-19-11-5-12-20-30)31-21-13-6-14-22-31/h3-25,34-35H,1-2H3. The van der Waals surface area contributed by atoms with E-state index in [-0.39, 0.29) is 0 Å². The van der Waals surface area contributed by atoms with E-state index in [0.29, 0.717) is 0 Å². The van der Waals surface area contributed by atoms with Crippen LogP contribution in [0, 0.1) is 13.8 Å². The Hall–Kier alpha value is -2.20. The Morgan fingerprint density at radius 3 is 1.14 bits per heavy atom. The first-order valence-corrected chi connectivity index (χ1v) is 22.6. The minimum atomic E-state index is -1.30. The molecule has 5 aromatic carbocycles. The molecular weight excluding hydrogens is 618 g/mol. The Bertz CT molecular complexity index is 1240. The number of aryl methyl sites for hydroxylation is 2. The molecule has 0 saturated heterocycles. The zero-order chi connectivity index (χ0) is 25.5. The van der Waals surface area contributed by atoms with Crippen molar-refractivity contribution in [2.24, 2.45) is 0 Å². The average molecular weight is 649 g/mol. The Balaban J connectivity index is 1.60. The van der Waals surface area contributed by atoms with Crippen molar-refractivity contribution >= 4 is 65.3 Å². The molecule has 186 valence electrons. The Kier molecular flexibility index (Phi) is 9.31. The van der Waals surface area contributed by atoms with Crippen LogP contribution >= 0.6 is 14.8 Å². The van der Waals surface area contributed by atoms with Crippen LogP contribution in [0.2, 0.25) is 0 Å². The maximum absolute atomic E-state index is 2.78. The molecule has 0 aliphatic carbocycles. The number of hydrogen-bond acceptors (Lipinski definition) is 1. The van der Waals surface area contributed by atoms with Crippen LogP contribution in [0.15, 0.2) is 140 Å². The quantitative estimate of drug-likeness (QED) is 0.142. The fourth-order valence-corrected chi connectivity index (χ4v) is 26.7. The van der Waals surface area contributed by atoms with Crippen molar-refractivity contribution in [3.05, 3.63) is 151 Å². The van der Waals surface area contributed by atoms with Crippen LogP contribution in [0.4, 0.5) is 5.69 Å². The van der Waals surface area contributed by atoms with E-state index in [4.69, 9.17) is 0 Å². The molecule has 0 aliphatic heterocycles. The van der Waals surface area contributed by atoms with E-state index in [1.165, 1.54) is 34.7 Å². The van der Waals surface area contributed by atoms with Crippen molar-refractivity contribution < 1.29 is 0 Å². The summed E-state index contributed by atoms with van der Waals surface area (Å²) in [6, 6.07) is 51.9. The molecule has 5 aromatic rings. The van der Waals surface area contributed by atoms with Gasteiger partial charge >= 0.3 is 234 Å². The Morgan fingerprint density at radius 1 is 0.459 bits per heavy atom. The first-order valence-electron chi connectivity index (χ1n) is 12.3. The summed E-state index contributed by atoms with van der Waals surface area (Å²) in [4.78, 5) is 0. The van der Waals surface area contributed by atoms with Crippen molar-refractivity contribution in [1.82, 2.24) is 0 Å². The van der Waals surface area contributed by atoms with Gasteiger partial charge in [-0.15, -0.1) is 0 Å². The number of anilines is 1. The first-order chi connectivity index (χ1) is 18.2. The fourth-order valence-electron chi connectivity index (χ4n) is 4.07. The van der Waals surface area contributed by atoms with Crippen LogP contribution < -0.4 is 22.3 Å². The minimum absolute atomic E-state index is 0.724. The van der Waals surface area contributed by atoms with E-state index in [2.05, 4.69) is 158 Å². The summed E-state index contributed by atoms with van der Waals surface area (Å²) in [7, 11) is 1.45. The molecule has 5 heteroatoms. The molecule has 5 rings (SSSR count). The Labute approximate surface area is 233 Å². The van der Waals surface area contributed by atoms with Gasteiger partial charge in [0.15, 0.2) is 0 Å². The van der Waals surface area contributed by atoms with Crippen LogP contribution in [-0.4, -0.2) is 26.9 Å². The summed E-state index contributed by atoms with van der Waals surface area (Å²) in [5.41, 5.74) is 4.09. The van der Waals surface area contributed by atoms with Gasteiger partial charge in [0.25, 0.3) is 0 Å². The van der Waals surface area contributed by atoms with E-state index in [0.717, 1.165) is 14.8 Å². The summed E-state index contributed by atoms with van der Waals surface area (Å²) >= 11 is -2.60. The molecule has 2 radical (unpaired) electrons. The summed E-state index contributed by atoms with van der Waals surface area (Å²) in [6.45, 7) is 4.48. The maximum atomic E-state index is 2.78. The van der Waals surface area contributed by atoms with Crippen LogP contribution in [0.5, 0.6) is 0 Å². The summed E-state index contributed by atoms with van der Waals surface area (Å²) in [6.07, 6.45) is 0. The number of nitrogens with zero attached hydrogens (tertiary/aromatic N) is 1. The van der Waals surface area contributed by atoms with E-state index in [1.807, 2.05) is 0 Å². The van der Waals surface area contributed by atoms with Gasteiger partial charge in [-0.3, -0.25) is 0 Å². The molecule has 0 N–H and O–H groups in total. The third kappa shape index (κ3) is 6.82. The van der Waals surface area contributed by atoms with E-state index >= 15 is 0 Å². The molecule has 0 saturated carbocycles. The second-order valence-corrected chi connectivity index (χ2v) is 23.4. The molecule has 0 heterocycles. The molecule has 1 nitrogen and oxygen atoms in total. The number of benzene rings is 5. The van der Waals surface area contributed by atoms with Crippen LogP contribution in [0.1, 0.15) is 11.1 Å². The zero-order valence-electron chi connectivity index (χ0n) is 21.0. The predicted octanol–water partition coefficient (Wildman–Crippen LogP) is 5.91. The average Bonchev–Trinajstić information content (AvgIpc) is 2.95. The molecule has 0 aliphatic rings. The molecule has 0 bridgehead atoms. The SMILES string of the molecule is Cc1ccc(N(P[Se](c2ccccc2)c2ccccc2)P[Se](c2ccccc2)c2ccccc2)c(C)c1. The molecule has 0 amide bonds. The number of rotatable bonds is 9. The van der Waals surface area contributed by atoms with Gasteiger partial charge in [-0.2, -0.15) is 0 Å². The van der Waals surface area contributed by atoms with E-state index in [1.54, 1.807) is 0 Å². The topological polar surface area (TPSA) is 3.24 Å². The van der Waals surface area contributed by atoms with E-state index in [9.17, 15) is 0 Å². The van der Waals surface area contributed by atoms with Gasteiger partial charge in [-0.25, -0.2) is 0 Å². The van der Waals surface area contributed by atoms with Crippen LogP contribution in [0.25, 0.3) is 0 Å². The Morgan fingerprint density at radius 2 is 0.811 bits per heavy atom. The van der Waals surface area contributed by atoms with Crippen molar-refractivity contribution in [3.63, 3.8) is 0 Å². The van der Waals surface area contributed by atoms with Gasteiger partial charge in [0, 0.05) is 0 Å². The van der Waals surface area contributed by atoms with Gasteiger partial charge in [0.05, 0.1) is 0 Å².